The van der Waals surface area contributed by atoms with Crippen LogP contribution in [0.15, 0.2) is 30.9 Å². The van der Waals surface area contributed by atoms with Crippen molar-refractivity contribution in [1.29, 1.82) is 0 Å². The van der Waals surface area contributed by atoms with Gasteiger partial charge in [0.15, 0.2) is 5.78 Å². The van der Waals surface area contributed by atoms with Gasteiger partial charge in [-0.25, -0.2) is 0 Å². The number of benzene rings is 1. The lowest BCUT2D eigenvalue weighted by atomic mass is 10.1. The van der Waals surface area contributed by atoms with E-state index in [1.165, 1.54) is 6.92 Å². The Bertz CT molecular complexity index is 385. The molecule has 0 spiro atoms. The Kier molecular flexibility index (Phi) is 3.50. The molecule has 0 radical (unpaired) electrons. The van der Waals surface area contributed by atoms with Crippen LogP contribution in [0, 0.1) is 0 Å². The summed E-state index contributed by atoms with van der Waals surface area (Å²) in [6, 6.07) is 5.51. The first-order chi connectivity index (χ1) is 7.04. The van der Waals surface area contributed by atoms with Crippen molar-refractivity contribution in [3.8, 4) is 0 Å². The van der Waals surface area contributed by atoms with E-state index in [1.54, 1.807) is 18.2 Å². The fourth-order valence-electron chi connectivity index (χ4n) is 1.29. The van der Waals surface area contributed by atoms with Gasteiger partial charge in [0.1, 0.15) is 0 Å². The van der Waals surface area contributed by atoms with E-state index < -0.39 is 0 Å². The minimum atomic E-state index is -0.0178. The molecular formula is C12H16N2O. The lowest BCUT2D eigenvalue weighted by Crippen LogP contribution is -2.11. The standard InChI is InChI=1S/C12H16N2O/c1-4-8(2)14-10-5-6-11(9(3)15)12(13)7-10/h4-8,14H,1,13H2,2-3H3. The van der Waals surface area contributed by atoms with Gasteiger partial charge in [-0.1, -0.05) is 6.08 Å². The van der Waals surface area contributed by atoms with Gasteiger partial charge in [-0.15, -0.1) is 6.58 Å². The molecule has 0 amide bonds. The van der Waals surface area contributed by atoms with E-state index in [4.69, 9.17) is 5.73 Å². The maximum absolute atomic E-state index is 11.1. The van der Waals surface area contributed by atoms with Crippen molar-refractivity contribution in [3.63, 3.8) is 0 Å². The number of hydrogen-bond donors (Lipinski definition) is 2. The summed E-state index contributed by atoms with van der Waals surface area (Å²) in [4.78, 5) is 11.1. The number of nitrogens with two attached hydrogens (primary N) is 1. The number of ketones is 1. The zero-order valence-electron chi connectivity index (χ0n) is 9.08. The normalized spacial score (nSPS) is 11.9. The average molecular weight is 204 g/mol. The van der Waals surface area contributed by atoms with Gasteiger partial charge in [-0.05, 0) is 32.0 Å². The molecule has 1 atom stereocenters. The summed E-state index contributed by atoms with van der Waals surface area (Å²) in [5.74, 6) is -0.0178. The van der Waals surface area contributed by atoms with Crippen LogP contribution in [0.1, 0.15) is 24.2 Å². The highest BCUT2D eigenvalue weighted by Crippen LogP contribution is 2.19. The van der Waals surface area contributed by atoms with E-state index in [-0.39, 0.29) is 11.8 Å². The van der Waals surface area contributed by atoms with E-state index in [1.807, 2.05) is 13.0 Å². The molecule has 0 bridgehead atoms. The molecule has 80 valence electrons. The molecule has 3 heteroatoms. The second-order valence-electron chi connectivity index (χ2n) is 3.53. The Balaban J connectivity index is 2.91. The molecule has 15 heavy (non-hydrogen) atoms. The van der Waals surface area contributed by atoms with Gasteiger partial charge >= 0.3 is 0 Å². The van der Waals surface area contributed by atoms with Gasteiger partial charge in [-0.2, -0.15) is 0 Å². The van der Waals surface area contributed by atoms with E-state index >= 15 is 0 Å². The summed E-state index contributed by atoms with van der Waals surface area (Å²) >= 11 is 0. The number of anilines is 2. The molecule has 1 aromatic rings. The zero-order chi connectivity index (χ0) is 11.4. The van der Waals surface area contributed by atoms with Crippen LogP contribution in [0.3, 0.4) is 0 Å². The van der Waals surface area contributed by atoms with Crippen molar-refractivity contribution in [1.82, 2.24) is 0 Å². The Morgan fingerprint density at radius 2 is 2.27 bits per heavy atom. The number of nitrogen functional groups attached to an aromatic ring is 1. The molecule has 3 nitrogen and oxygen atoms in total. The molecule has 0 aliphatic rings. The third kappa shape index (κ3) is 2.84. The highest BCUT2D eigenvalue weighted by molar-refractivity contribution is 5.99. The molecule has 0 aliphatic carbocycles. The smallest absolute Gasteiger partial charge is 0.161 e. The molecule has 0 saturated heterocycles. The first-order valence-corrected chi connectivity index (χ1v) is 4.84. The third-order valence-electron chi connectivity index (χ3n) is 2.18. The maximum Gasteiger partial charge on any atom is 0.161 e. The fourth-order valence-corrected chi connectivity index (χ4v) is 1.29. The molecular weight excluding hydrogens is 188 g/mol. The van der Waals surface area contributed by atoms with Gasteiger partial charge in [0, 0.05) is 23.0 Å². The molecule has 0 fully saturated rings. The van der Waals surface area contributed by atoms with Crippen LogP contribution in [0.2, 0.25) is 0 Å². The summed E-state index contributed by atoms with van der Waals surface area (Å²) in [5.41, 5.74) is 7.71. The monoisotopic (exact) mass is 204 g/mol. The van der Waals surface area contributed by atoms with Crippen molar-refractivity contribution in [2.24, 2.45) is 0 Å². The first kappa shape index (κ1) is 11.3. The SMILES string of the molecule is C=CC(C)Nc1ccc(C(C)=O)c(N)c1. The Hall–Kier alpha value is -1.77. The summed E-state index contributed by atoms with van der Waals surface area (Å²) in [7, 11) is 0. The highest BCUT2D eigenvalue weighted by atomic mass is 16.1. The first-order valence-electron chi connectivity index (χ1n) is 4.84. The van der Waals surface area contributed by atoms with Crippen LogP contribution in [-0.2, 0) is 0 Å². The quantitative estimate of drug-likeness (QED) is 0.450. The van der Waals surface area contributed by atoms with Crippen LogP contribution >= 0.6 is 0 Å². The van der Waals surface area contributed by atoms with Crippen LogP contribution in [0.4, 0.5) is 11.4 Å². The molecule has 1 aromatic carbocycles. The van der Waals surface area contributed by atoms with Crippen molar-refractivity contribution in [2.75, 3.05) is 11.1 Å². The Labute approximate surface area is 90.0 Å². The van der Waals surface area contributed by atoms with E-state index in [2.05, 4.69) is 11.9 Å². The molecule has 0 aromatic heterocycles. The predicted octanol–water partition coefficient (Wildman–Crippen LogP) is 2.46. The number of carbonyl (C=O) groups is 1. The molecule has 0 saturated carbocycles. The van der Waals surface area contributed by atoms with Crippen LogP contribution in [-0.4, -0.2) is 11.8 Å². The fraction of sp³-hybridized carbons (Fsp3) is 0.250. The lowest BCUT2D eigenvalue weighted by Gasteiger charge is -2.12. The van der Waals surface area contributed by atoms with Crippen molar-refractivity contribution >= 4 is 17.2 Å². The highest BCUT2D eigenvalue weighted by Gasteiger charge is 2.05. The van der Waals surface area contributed by atoms with Gasteiger partial charge in [0.2, 0.25) is 0 Å². The topological polar surface area (TPSA) is 55.1 Å². The molecule has 0 aliphatic heterocycles. The summed E-state index contributed by atoms with van der Waals surface area (Å²) in [5, 5.41) is 3.19. The second kappa shape index (κ2) is 4.64. The van der Waals surface area contributed by atoms with Crippen LogP contribution in [0.5, 0.6) is 0 Å². The summed E-state index contributed by atoms with van der Waals surface area (Å²) in [6.07, 6.45) is 1.80. The van der Waals surface area contributed by atoms with Crippen molar-refractivity contribution in [3.05, 3.63) is 36.4 Å². The van der Waals surface area contributed by atoms with Crippen LogP contribution < -0.4 is 11.1 Å². The van der Waals surface area contributed by atoms with E-state index in [0.717, 1.165) is 5.69 Å². The predicted molar refractivity (Wildman–Crippen MR) is 64.1 cm³/mol. The molecule has 3 N–H and O–H groups in total. The largest absolute Gasteiger partial charge is 0.398 e. The molecule has 1 unspecified atom stereocenters. The van der Waals surface area contributed by atoms with E-state index in [9.17, 15) is 4.79 Å². The lowest BCUT2D eigenvalue weighted by molar-refractivity contribution is 0.101. The minimum Gasteiger partial charge on any atom is -0.398 e. The summed E-state index contributed by atoms with van der Waals surface area (Å²) in [6.45, 7) is 7.17. The number of hydrogen-bond acceptors (Lipinski definition) is 3. The number of nitrogens with one attached hydrogen (secondary N) is 1. The molecule has 0 heterocycles. The second-order valence-corrected chi connectivity index (χ2v) is 3.53. The Morgan fingerprint density at radius 3 is 2.73 bits per heavy atom. The van der Waals surface area contributed by atoms with Crippen LogP contribution in [0.25, 0.3) is 0 Å². The van der Waals surface area contributed by atoms with Gasteiger partial charge < -0.3 is 11.1 Å². The number of rotatable bonds is 4. The summed E-state index contributed by atoms with van der Waals surface area (Å²) < 4.78 is 0. The van der Waals surface area contributed by atoms with Crippen molar-refractivity contribution in [2.45, 2.75) is 19.9 Å². The maximum atomic E-state index is 11.1. The molecule has 1 rings (SSSR count). The van der Waals surface area contributed by atoms with Crippen molar-refractivity contribution < 1.29 is 4.79 Å². The number of carbonyl (C=O) groups excluding carboxylic acids is 1. The zero-order valence-corrected chi connectivity index (χ0v) is 9.08. The number of Topliss-reactive ketones (excluding diaryl/α,β-unsaturated/α-hetero) is 1. The van der Waals surface area contributed by atoms with Gasteiger partial charge in [-0.3, -0.25) is 4.79 Å². The van der Waals surface area contributed by atoms with Gasteiger partial charge in [0.25, 0.3) is 0 Å². The van der Waals surface area contributed by atoms with Gasteiger partial charge in [0.05, 0.1) is 0 Å². The minimum absolute atomic E-state index is 0.0178. The third-order valence-corrected chi connectivity index (χ3v) is 2.18. The van der Waals surface area contributed by atoms with E-state index in [0.29, 0.717) is 11.3 Å². The average Bonchev–Trinajstić information content (AvgIpc) is 2.17. The Morgan fingerprint density at radius 1 is 1.60 bits per heavy atom.